The fourth-order valence-corrected chi connectivity index (χ4v) is 5.97. The maximum absolute atomic E-state index is 12.8. The third kappa shape index (κ3) is 3.44. The lowest BCUT2D eigenvalue weighted by Crippen LogP contribution is -2.31. The summed E-state index contributed by atoms with van der Waals surface area (Å²) < 4.78 is 38.5. The van der Waals surface area contributed by atoms with Gasteiger partial charge in [0.2, 0.25) is 10.0 Å². The number of aromatic nitrogens is 1. The average Bonchev–Trinajstić information content (AvgIpc) is 3.46. The number of rotatable bonds is 4. The van der Waals surface area contributed by atoms with Crippen molar-refractivity contribution in [1.82, 2.24) is 4.31 Å². The Hall–Kier alpha value is -2.32. The number of anilines is 1. The monoisotopic (exact) mass is 416 g/mol. The number of H-pyrrole nitrogens is 1. The summed E-state index contributed by atoms with van der Waals surface area (Å²) in [7, 11) is -3.40. The third-order valence-corrected chi connectivity index (χ3v) is 7.88. The van der Waals surface area contributed by atoms with E-state index >= 15 is 0 Å². The second-order valence-corrected chi connectivity index (χ2v) is 9.71. The van der Waals surface area contributed by atoms with Gasteiger partial charge in [0, 0.05) is 24.7 Å². The summed E-state index contributed by atoms with van der Waals surface area (Å²) in [4.78, 5) is 5.87. The quantitative estimate of drug-likeness (QED) is 0.765. The molecule has 3 aliphatic heterocycles. The van der Waals surface area contributed by atoms with E-state index in [-0.39, 0.29) is 6.04 Å². The van der Waals surface area contributed by atoms with E-state index in [1.54, 1.807) is 16.6 Å². The molecule has 1 aromatic carbocycles. The molecule has 0 amide bonds. The van der Waals surface area contributed by atoms with Gasteiger partial charge in [0.05, 0.1) is 6.54 Å². The van der Waals surface area contributed by atoms with Crippen molar-refractivity contribution in [2.75, 3.05) is 37.7 Å². The minimum atomic E-state index is -3.40. The molecular weight excluding hydrogens is 390 g/mol. The average molecular weight is 417 g/mol. The summed E-state index contributed by atoms with van der Waals surface area (Å²) in [5, 5.41) is 0. The van der Waals surface area contributed by atoms with Gasteiger partial charge in [0.1, 0.15) is 30.3 Å². The second kappa shape index (κ2) is 7.50. The van der Waals surface area contributed by atoms with Crippen LogP contribution in [-0.4, -0.2) is 45.6 Å². The van der Waals surface area contributed by atoms with Crippen LogP contribution in [0.4, 0.5) is 5.82 Å². The smallest absolute Gasteiger partial charge is 0.274 e. The zero-order valence-corrected chi connectivity index (χ0v) is 17.2. The van der Waals surface area contributed by atoms with Crippen LogP contribution in [0.15, 0.2) is 41.4 Å². The maximum Gasteiger partial charge on any atom is 0.274 e. The van der Waals surface area contributed by atoms with Crippen LogP contribution in [0.3, 0.4) is 0 Å². The summed E-state index contributed by atoms with van der Waals surface area (Å²) in [5.74, 6) is 2.53. The number of ether oxygens (including phenoxy) is 2. The number of hydrogen-bond donors (Lipinski definition) is 0. The number of aromatic amines is 1. The molecule has 4 heterocycles. The van der Waals surface area contributed by atoms with Gasteiger partial charge in [-0.05, 0) is 43.9 Å². The molecule has 7 nitrogen and oxygen atoms in total. The fraction of sp³-hybridized carbons (Fsp3) is 0.476. The molecular formula is C21H26N3O4S+. The van der Waals surface area contributed by atoms with E-state index in [1.165, 1.54) is 5.56 Å². The van der Waals surface area contributed by atoms with Gasteiger partial charge in [-0.15, -0.1) is 0 Å². The maximum atomic E-state index is 12.8. The number of sulfonamides is 1. The van der Waals surface area contributed by atoms with Crippen molar-refractivity contribution in [3.8, 4) is 11.5 Å². The molecule has 2 aromatic rings. The van der Waals surface area contributed by atoms with Crippen molar-refractivity contribution in [1.29, 1.82) is 0 Å². The fourth-order valence-electron chi connectivity index (χ4n) is 4.49. The lowest BCUT2D eigenvalue weighted by atomic mass is 10.0. The molecule has 2 saturated heterocycles. The predicted molar refractivity (Wildman–Crippen MR) is 108 cm³/mol. The van der Waals surface area contributed by atoms with E-state index in [2.05, 4.69) is 22.0 Å². The Morgan fingerprint density at radius 1 is 0.931 bits per heavy atom. The molecule has 2 fully saturated rings. The van der Waals surface area contributed by atoms with E-state index in [4.69, 9.17) is 9.47 Å². The Morgan fingerprint density at radius 2 is 1.72 bits per heavy atom. The van der Waals surface area contributed by atoms with Crippen molar-refractivity contribution < 1.29 is 22.9 Å². The first kappa shape index (κ1) is 18.7. The van der Waals surface area contributed by atoms with E-state index in [0.717, 1.165) is 49.5 Å². The first-order valence-corrected chi connectivity index (χ1v) is 11.7. The summed E-state index contributed by atoms with van der Waals surface area (Å²) >= 11 is 0. The SMILES string of the molecule is O=S(=O)(c1ccc(N2CCC[C@H]2c2ccc3c(c2)OCCO3)[nH+]c1)N1CCCC1. The van der Waals surface area contributed by atoms with Crippen LogP contribution in [0.5, 0.6) is 11.5 Å². The van der Waals surface area contributed by atoms with Crippen molar-refractivity contribution in [3.05, 3.63) is 42.1 Å². The van der Waals surface area contributed by atoms with Gasteiger partial charge >= 0.3 is 0 Å². The molecule has 0 saturated carbocycles. The molecule has 1 N–H and O–H groups in total. The van der Waals surface area contributed by atoms with Crippen LogP contribution in [0, 0.1) is 0 Å². The first-order valence-electron chi connectivity index (χ1n) is 10.3. The van der Waals surface area contributed by atoms with Crippen LogP contribution < -0.4 is 19.4 Å². The Balaban J connectivity index is 1.39. The van der Waals surface area contributed by atoms with Gasteiger partial charge < -0.3 is 9.47 Å². The number of nitrogens with one attached hydrogen (secondary N) is 1. The predicted octanol–water partition coefficient (Wildman–Crippen LogP) is 2.40. The number of pyridine rings is 1. The molecule has 8 heteroatoms. The van der Waals surface area contributed by atoms with Crippen molar-refractivity contribution in [2.45, 2.75) is 36.6 Å². The number of benzene rings is 1. The molecule has 0 unspecified atom stereocenters. The summed E-state index contributed by atoms with van der Waals surface area (Å²) in [6.45, 7) is 3.31. The van der Waals surface area contributed by atoms with E-state index < -0.39 is 10.0 Å². The Bertz CT molecular complexity index is 987. The molecule has 0 radical (unpaired) electrons. The van der Waals surface area contributed by atoms with E-state index in [1.807, 2.05) is 12.1 Å². The van der Waals surface area contributed by atoms with Crippen LogP contribution in [0.25, 0.3) is 0 Å². The van der Waals surface area contributed by atoms with E-state index in [0.29, 0.717) is 31.2 Å². The highest BCUT2D eigenvalue weighted by molar-refractivity contribution is 7.89. The zero-order chi connectivity index (χ0) is 19.8. The number of hydrogen-bond acceptors (Lipinski definition) is 5. The van der Waals surface area contributed by atoms with Crippen molar-refractivity contribution in [3.63, 3.8) is 0 Å². The third-order valence-electron chi connectivity index (χ3n) is 5.98. The minimum Gasteiger partial charge on any atom is -0.486 e. The summed E-state index contributed by atoms with van der Waals surface area (Å²) in [5.41, 5.74) is 1.19. The van der Waals surface area contributed by atoms with Gasteiger partial charge in [0.25, 0.3) is 5.82 Å². The van der Waals surface area contributed by atoms with Gasteiger partial charge in [-0.1, -0.05) is 6.07 Å². The topological polar surface area (TPSA) is 73.2 Å². The highest BCUT2D eigenvalue weighted by Crippen LogP contribution is 2.39. The largest absolute Gasteiger partial charge is 0.486 e. The Labute approximate surface area is 171 Å². The van der Waals surface area contributed by atoms with Crippen LogP contribution in [-0.2, 0) is 10.0 Å². The Morgan fingerprint density at radius 3 is 2.48 bits per heavy atom. The minimum absolute atomic E-state index is 0.225. The molecule has 1 aromatic heterocycles. The van der Waals surface area contributed by atoms with Gasteiger partial charge in [0.15, 0.2) is 11.5 Å². The Kier molecular flexibility index (Phi) is 4.83. The highest BCUT2D eigenvalue weighted by atomic mass is 32.2. The van der Waals surface area contributed by atoms with E-state index in [9.17, 15) is 8.42 Å². The molecule has 154 valence electrons. The summed E-state index contributed by atoms with van der Waals surface area (Å²) in [6.07, 6.45) is 5.63. The lowest BCUT2D eigenvalue weighted by Gasteiger charge is -2.23. The molecule has 0 aliphatic carbocycles. The molecule has 0 bridgehead atoms. The summed E-state index contributed by atoms with van der Waals surface area (Å²) in [6, 6.07) is 9.99. The number of nitrogens with zero attached hydrogens (tertiary/aromatic N) is 2. The van der Waals surface area contributed by atoms with Crippen LogP contribution in [0.1, 0.15) is 37.3 Å². The normalized spacial score (nSPS) is 22.2. The van der Waals surface area contributed by atoms with Gasteiger partial charge in [-0.2, -0.15) is 4.31 Å². The molecule has 1 atom stereocenters. The lowest BCUT2D eigenvalue weighted by molar-refractivity contribution is -0.367. The molecule has 0 spiro atoms. The standard InChI is InChI=1S/C21H25N3O4S/c25-29(26,23-9-1-2-10-23)17-6-8-21(22-15-17)24-11-3-4-18(24)16-5-7-19-20(14-16)28-13-12-27-19/h5-8,14-15,18H,1-4,9-13H2/p+1/t18-/m0/s1. The molecule has 29 heavy (non-hydrogen) atoms. The first-order chi connectivity index (χ1) is 14.1. The molecule has 3 aliphatic rings. The van der Waals surface area contributed by atoms with Gasteiger partial charge in [-0.3, -0.25) is 4.90 Å². The zero-order valence-electron chi connectivity index (χ0n) is 16.3. The molecule has 5 rings (SSSR count). The van der Waals surface area contributed by atoms with Crippen molar-refractivity contribution >= 4 is 15.8 Å². The van der Waals surface area contributed by atoms with Crippen LogP contribution in [0.2, 0.25) is 0 Å². The van der Waals surface area contributed by atoms with Crippen LogP contribution >= 0.6 is 0 Å². The number of fused-ring (bicyclic) bond motifs is 1. The highest BCUT2D eigenvalue weighted by Gasteiger charge is 2.35. The van der Waals surface area contributed by atoms with Crippen molar-refractivity contribution in [2.24, 2.45) is 0 Å². The second-order valence-electron chi connectivity index (χ2n) is 7.78. The van der Waals surface area contributed by atoms with Gasteiger partial charge in [-0.25, -0.2) is 13.4 Å².